The van der Waals surface area contributed by atoms with E-state index in [1.165, 1.54) is 20.0 Å². The highest BCUT2D eigenvalue weighted by molar-refractivity contribution is 5.69. The van der Waals surface area contributed by atoms with Crippen LogP contribution in [0.25, 0.3) is 0 Å². The molecular formula is C27H46O5. The Balaban J connectivity index is 1.59. The van der Waals surface area contributed by atoms with Crippen LogP contribution in [0, 0.1) is 52.3 Å². The Morgan fingerprint density at radius 2 is 1.72 bits per heavy atom. The van der Waals surface area contributed by atoms with Crippen LogP contribution in [0.3, 0.4) is 0 Å². The Morgan fingerprint density at radius 3 is 2.41 bits per heavy atom. The lowest BCUT2D eigenvalue weighted by Crippen LogP contribution is -2.62. The average molecular weight is 451 g/mol. The van der Waals surface area contributed by atoms with Crippen molar-refractivity contribution in [1.82, 2.24) is 0 Å². The SMILES string of the molecule is COC(=O)CC[C@@H](C)[C@H]1CC[C@H]2[C@@H]3[C@H](O)[C@H](CCO)[C@@H]4C[C@H](O)CC[C@]4(C)[C@H]3CC[C@]12C. The van der Waals surface area contributed by atoms with Crippen molar-refractivity contribution < 1.29 is 24.9 Å². The van der Waals surface area contributed by atoms with Crippen molar-refractivity contribution in [1.29, 1.82) is 0 Å². The fourth-order valence-corrected chi connectivity index (χ4v) is 9.58. The normalized spacial score (nSPS) is 49.0. The van der Waals surface area contributed by atoms with Gasteiger partial charge in [-0.05, 0) is 110 Å². The molecule has 184 valence electrons. The molecule has 4 fully saturated rings. The number of rotatable bonds is 6. The minimum absolute atomic E-state index is 0.0827. The quantitative estimate of drug-likeness (QED) is 0.529. The standard InChI is InChI=1S/C27H46O5/c1-16(5-8-23(30)32-4)19-6-7-20-24-21(10-13-26(19,20)2)27(3)12-9-17(29)15-22(27)18(11-14-28)25(24)31/h16-22,24-25,28-29,31H,5-15H2,1-4H3/t16-,17-,18-,19-,20+,21+,22+,24+,25-,26-,27-/m1/s1. The second-order valence-corrected chi connectivity index (χ2v) is 12.3. The van der Waals surface area contributed by atoms with Crippen LogP contribution in [0.5, 0.6) is 0 Å². The van der Waals surface area contributed by atoms with Crippen LogP contribution < -0.4 is 0 Å². The Morgan fingerprint density at radius 1 is 1.03 bits per heavy atom. The molecule has 0 aliphatic heterocycles. The molecule has 3 N–H and O–H groups in total. The Bertz CT molecular complexity index is 681. The van der Waals surface area contributed by atoms with Crippen LogP contribution in [-0.2, 0) is 9.53 Å². The van der Waals surface area contributed by atoms with Gasteiger partial charge in [-0.1, -0.05) is 20.8 Å². The topological polar surface area (TPSA) is 87.0 Å². The molecule has 0 saturated heterocycles. The van der Waals surface area contributed by atoms with Crippen LogP contribution in [0.1, 0.15) is 85.0 Å². The number of esters is 1. The molecule has 5 nitrogen and oxygen atoms in total. The summed E-state index contributed by atoms with van der Waals surface area (Å²) in [6, 6.07) is 0. The fourth-order valence-electron chi connectivity index (χ4n) is 9.58. The zero-order valence-electron chi connectivity index (χ0n) is 20.6. The molecule has 0 aromatic carbocycles. The van der Waals surface area contributed by atoms with Gasteiger partial charge in [0.05, 0.1) is 19.3 Å². The molecule has 5 heteroatoms. The van der Waals surface area contributed by atoms with Gasteiger partial charge in [0.15, 0.2) is 0 Å². The molecule has 0 bridgehead atoms. The second-order valence-electron chi connectivity index (χ2n) is 12.3. The Labute approximate surface area is 194 Å². The largest absolute Gasteiger partial charge is 0.469 e. The third kappa shape index (κ3) is 3.84. The van der Waals surface area contributed by atoms with Gasteiger partial charge in [0.2, 0.25) is 0 Å². The summed E-state index contributed by atoms with van der Waals surface area (Å²) >= 11 is 0. The Hall–Kier alpha value is -0.650. The first kappa shape index (κ1) is 24.5. The van der Waals surface area contributed by atoms with Gasteiger partial charge in [-0.3, -0.25) is 4.79 Å². The number of aliphatic hydroxyl groups is 3. The maximum Gasteiger partial charge on any atom is 0.305 e. The first-order valence-electron chi connectivity index (χ1n) is 13.2. The number of hydrogen-bond acceptors (Lipinski definition) is 5. The fraction of sp³-hybridized carbons (Fsp3) is 0.963. The molecule has 0 radical (unpaired) electrons. The summed E-state index contributed by atoms with van der Waals surface area (Å²) in [5, 5.41) is 32.1. The summed E-state index contributed by atoms with van der Waals surface area (Å²) in [6.07, 6.45) is 8.74. The summed E-state index contributed by atoms with van der Waals surface area (Å²) in [7, 11) is 1.46. The van der Waals surface area contributed by atoms with Gasteiger partial charge in [0, 0.05) is 13.0 Å². The van der Waals surface area contributed by atoms with E-state index in [0.29, 0.717) is 48.3 Å². The number of carbonyl (C=O) groups is 1. The molecule has 32 heavy (non-hydrogen) atoms. The van der Waals surface area contributed by atoms with Crippen LogP contribution in [0.15, 0.2) is 0 Å². The number of fused-ring (bicyclic) bond motifs is 5. The molecule has 0 spiro atoms. The third-order valence-electron chi connectivity index (χ3n) is 11.2. The van der Waals surface area contributed by atoms with Crippen molar-refractivity contribution in [3.8, 4) is 0 Å². The van der Waals surface area contributed by atoms with E-state index in [9.17, 15) is 20.1 Å². The van der Waals surface area contributed by atoms with Crippen molar-refractivity contribution in [2.45, 2.75) is 97.2 Å². The summed E-state index contributed by atoms with van der Waals surface area (Å²) in [6.45, 7) is 7.31. The predicted octanol–water partition coefficient (Wildman–Crippen LogP) is 4.17. The van der Waals surface area contributed by atoms with Crippen molar-refractivity contribution in [2.24, 2.45) is 52.3 Å². The van der Waals surface area contributed by atoms with Crippen molar-refractivity contribution in [2.75, 3.05) is 13.7 Å². The number of ether oxygens (including phenoxy) is 1. The van der Waals surface area contributed by atoms with Crippen LogP contribution >= 0.6 is 0 Å². The number of hydrogen-bond donors (Lipinski definition) is 3. The molecule has 4 aliphatic rings. The molecule has 11 atom stereocenters. The number of carbonyl (C=O) groups excluding carboxylic acids is 1. The van der Waals surface area contributed by atoms with Crippen molar-refractivity contribution in [3.05, 3.63) is 0 Å². The van der Waals surface area contributed by atoms with E-state index in [0.717, 1.165) is 38.5 Å². The van der Waals surface area contributed by atoms with E-state index in [1.807, 2.05) is 0 Å². The van der Waals surface area contributed by atoms with Gasteiger partial charge < -0.3 is 20.1 Å². The minimum Gasteiger partial charge on any atom is -0.469 e. The maximum absolute atomic E-state index is 11.8. The third-order valence-corrected chi connectivity index (χ3v) is 11.2. The molecule has 4 saturated carbocycles. The van der Waals surface area contributed by atoms with E-state index >= 15 is 0 Å². The highest BCUT2D eigenvalue weighted by atomic mass is 16.5. The molecule has 0 aromatic heterocycles. The van der Waals surface area contributed by atoms with E-state index in [4.69, 9.17) is 4.74 Å². The predicted molar refractivity (Wildman–Crippen MR) is 124 cm³/mol. The van der Waals surface area contributed by atoms with Crippen LogP contribution in [0.4, 0.5) is 0 Å². The van der Waals surface area contributed by atoms with Gasteiger partial charge in [0.25, 0.3) is 0 Å². The first-order chi connectivity index (χ1) is 15.2. The van der Waals surface area contributed by atoms with E-state index in [1.54, 1.807) is 0 Å². The van der Waals surface area contributed by atoms with Gasteiger partial charge in [-0.15, -0.1) is 0 Å². The Kier molecular flexibility index (Phi) is 7.03. The van der Waals surface area contributed by atoms with E-state index in [2.05, 4.69) is 20.8 Å². The summed E-state index contributed by atoms with van der Waals surface area (Å²) in [5.74, 6) is 2.63. The van der Waals surface area contributed by atoms with Crippen LogP contribution in [0.2, 0.25) is 0 Å². The first-order valence-corrected chi connectivity index (χ1v) is 13.2. The second kappa shape index (κ2) is 9.19. The van der Waals surface area contributed by atoms with Gasteiger partial charge >= 0.3 is 5.97 Å². The van der Waals surface area contributed by atoms with Crippen molar-refractivity contribution >= 4 is 5.97 Å². The van der Waals surface area contributed by atoms with Gasteiger partial charge in [-0.25, -0.2) is 0 Å². The molecule has 0 heterocycles. The zero-order valence-corrected chi connectivity index (χ0v) is 20.6. The lowest BCUT2D eigenvalue weighted by Gasteiger charge is -2.64. The lowest BCUT2D eigenvalue weighted by atomic mass is 9.41. The van der Waals surface area contributed by atoms with Gasteiger partial charge in [0.1, 0.15) is 0 Å². The van der Waals surface area contributed by atoms with Crippen molar-refractivity contribution in [3.63, 3.8) is 0 Å². The molecule has 4 aliphatic carbocycles. The summed E-state index contributed by atoms with van der Waals surface area (Å²) < 4.78 is 4.87. The minimum atomic E-state index is -0.385. The summed E-state index contributed by atoms with van der Waals surface area (Å²) in [5.41, 5.74) is 0.359. The molecule has 0 aromatic rings. The average Bonchev–Trinajstić information content (AvgIpc) is 3.12. The van der Waals surface area contributed by atoms with E-state index < -0.39 is 0 Å². The maximum atomic E-state index is 11.8. The number of aliphatic hydroxyl groups excluding tert-OH is 3. The molecule has 0 unspecified atom stereocenters. The van der Waals surface area contributed by atoms with E-state index in [-0.39, 0.29) is 41.5 Å². The summed E-state index contributed by atoms with van der Waals surface area (Å²) in [4.78, 5) is 11.7. The molecule has 0 amide bonds. The highest BCUT2D eigenvalue weighted by Gasteiger charge is 2.64. The van der Waals surface area contributed by atoms with Crippen LogP contribution in [-0.4, -0.2) is 47.2 Å². The zero-order chi connectivity index (χ0) is 23.3. The highest BCUT2D eigenvalue weighted by Crippen LogP contribution is 2.69. The number of methoxy groups -OCH3 is 1. The smallest absolute Gasteiger partial charge is 0.305 e. The molecule has 4 rings (SSSR count). The van der Waals surface area contributed by atoms with Gasteiger partial charge in [-0.2, -0.15) is 0 Å². The lowest BCUT2D eigenvalue weighted by molar-refractivity contribution is -0.205. The monoisotopic (exact) mass is 450 g/mol. The molecular weight excluding hydrogens is 404 g/mol.